The molecular weight excluding hydrogens is 481 g/mol. The summed E-state index contributed by atoms with van der Waals surface area (Å²) in [6.07, 6.45) is 4.32. The molecule has 0 spiro atoms. The van der Waals surface area contributed by atoms with Crippen LogP contribution in [0.3, 0.4) is 0 Å². The molecule has 3 amide bonds. The molecule has 36 heavy (non-hydrogen) atoms. The third-order valence-electron chi connectivity index (χ3n) is 6.40. The van der Waals surface area contributed by atoms with Crippen LogP contribution in [0.2, 0.25) is 0 Å². The first-order valence-corrected chi connectivity index (χ1v) is 12.6. The molecule has 3 aromatic rings. The highest BCUT2D eigenvalue weighted by Crippen LogP contribution is 2.35. The SMILES string of the molecule is CCc1ccccc1N(C(=O)c1snc(C(N)=O)c1N)C(C(=O)NC1CCCC1)c1ccc(F)cc1. The summed E-state index contributed by atoms with van der Waals surface area (Å²) in [6.45, 7) is 1.94. The normalized spacial score (nSPS) is 14.4. The molecule has 4 rings (SSSR count). The molecule has 10 heteroatoms. The molecule has 8 nitrogen and oxygen atoms in total. The Labute approximate surface area is 212 Å². The third-order valence-corrected chi connectivity index (χ3v) is 7.25. The van der Waals surface area contributed by atoms with Crippen LogP contribution < -0.4 is 21.7 Å². The number of nitrogens with zero attached hydrogens (tertiary/aromatic N) is 2. The number of rotatable bonds is 8. The van der Waals surface area contributed by atoms with E-state index in [9.17, 15) is 18.8 Å². The van der Waals surface area contributed by atoms with Gasteiger partial charge in [0.25, 0.3) is 11.8 Å². The van der Waals surface area contributed by atoms with E-state index in [1.807, 2.05) is 19.1 Å². The van der Waals surface area contributed by atoms with Crippen LogP contribution in [0.4, 0.5) is 15.8 Å². The molecule has 0 saturated heterocycles. The molecule has 1 unspecified atom stereocenters. The quantitative estimate of drug-likeness (QED) is 0.423. The van der Waals surface area contributed by atoms with Crippen LogP contribution in [-0.4, -0.2) is 28.1 Å². The zero-order valence-corrected chi connectivity index (χ0v) is 20.7. The van der Waals surface area contributed by atoms with E-state index in [0.29, 0.717) is 17.7 Å². The largest absolute Gasteiger partial charge is 0.395 e. The number of hydrogen-bond acceptors (Lipinski definition) is 6. The Bertz CT molecular complexity index is 1270. The van der Waals surface area contributed by atoms with Crippen molar-refractivity contribution in [3.63, 3.8) is 0 Å². The molecule has 5 N–H and O–H groups in total. The summed E-state index contributed by atoms with van der Waals surface area (Å²) < 4.78 is 17.8. The summed E-state index contributed by atoms with van der Waals surface area (Å²) in [4.78, 5) is 41.0. The highest BCUT2D eigenvalue weighted by molar-refractivity contribution is 7.09. The van der Waals surface area contributed by atoms with Gasteiger partial charge in [-0.15, -0.1) is 0 Å². The van der Waals surface area contributed by atoms with Gasteiger partial charge in [0, 0.05) is 11.7 Å². The number of carbonyl (C=O) groups excluding carboxylic acids is 3. The van der Waals surface area contributed by atoms with Crippen molar-refractivity contribution in [1.82, 2.24) is 9.69 Å². The first-order chi connectivity index (χ1) is 17.3. The van der Waals surface area contributed by atoms with Gasteiger partial charge in [-0.1, -0.05) is 50.1 Å². The van der Waals surface area contributed by atoms with Crippen molar-refractivity contribution in [1.29, 1.82) is 0 Å². The summed E-state index contributed by atoms with van der Waals surface area (Å²) in [6, 6.07) is 11.6. The average molecular weight is 510 g/mol. The summed E-state index contributed by atoms with van der Waals surface area (Å²) in [5.41, 5.74) is 12.9. The summed E-state index contributed by atoms with van der Waals surface area (Å²) in [7, 11) is 0. The molecule has 1 saturated carbocycles. The number of carbonyl (C=O) groups is 3. The highest BCUT2D eigenvalue weighted by atomic mass is 32.1. The standard InChI is InChI=1S/C26H28FN5O3S/c1-2-15-7-3-6-10-19(15)32(26(35)23-20(28)21(24(29)33)31-36-23)22(16-11-13-17(27)14-12-16)25(34)30-18-8-4-5-9-18/h3,6-7,10-14,18,22H,2,4-5,8-9,28H2,1H3,(H2,29,33)(H,30,34). The number of nitrogens with two attached hydrogens (primary N) is 2. The van der Waals surface area contributed by atoms with Gasteiger partial charge in [-0.3, -0.25) is 19.3 Å². The molecule has 1 heterocycles. The van der Waals surface area contributed by atoms with E-state index in [4.69, 9.17) is 11.5 Å². The minimum atomic E-state index is -1.12. The Hall–Kier alpha value is -3.79. The van der Waals surface area contributed by atoms with E-state index in [2.05, 4.69) is 9.69 Å². The van der Waals surface area contributed by atoms with Crippen molar-refractivity contribution in [2.45, 2.75) is 51.1 Å². The van der Waals surface area contributed by atoms with E-state index in [1.54, 1.807) is 12.1 Å². The van der Waals surface area contributed by atoms with Gasteiger partial charge in [-0.2, -0.15) is 4.37 Å². The van der Waals surface area contributed by atoms with E-state index in [-0.39, 0.29) is 28.2 Å². The van der Waals surface area contributed by atoms with Gasteiger partial charge in [0.05, 0.1) is 5.69 Å². The Morgan fingerprint density at radius 1 is 1.14 bits per heavy atom. The second-order valence-electron chi connectivity index (χ2n) is 8.74. The molecule has 0 bridgehead atoms. The molecule has 0 aliphatic heterocycles. The number of para-hydroxylation sites is 1. The monoisotopic (exact) mass is 509 g/mol. The van der Waals surface area contributed by atoms with Crippen LogP contribution in [0.15, 0.2) is 48.5 Å². The minimum absolute atomic E-state index is 0.00418. The van der Waals surface area contributed by atoms with Crippen LogP contribution in [0.5, 0.6) is 0 Å². The predicted octanol–water partition coefficient (Wildman–Crippen LogP) is 3.97. The van der Waals surface area contributed by atoms with Gasteiger partial charge < -0.3 is 16.8 Å². The highest BCUT2D eigenvalue weighted by Gasteiger charge is 2.37. The van der Waals surface area contributed by atoms with Crippen LogP contribution in [0.1, 0.15) is 69.9 Å². The van der Waals surface area contributed by atoms with Crippen LogP contribution in [-0.2, 0) is 11.2 Å². The number of hydrogen-bond donors (Lipinski definition) is 3. The number of nitrogen functional groups attached to an aromatic ring is 1. The molecule has 2 aromatic carbocycles. The van der Waals surface area contributed by atoms with E-state index in [0.717, 1.165) is 42.8 Å². The first kappa shape index (κ1) is 25.3. The van der Waals surface area contributed by atoms with Crippen molar-refractivity contribution in [3.8, 4) is 0 Å². The average Bonchev–Trinajstić information content (AvgIpc) is 3.52. The second-order valence-corrected chi connectivity index (χ2v) is 9.51. The van der Waals surface area contributed by atoms with Crippen LogP contribution in [0.25, 0.3) is 0 Å². The molecule has 1 fully saturated rings. The van der Waals surface area contributed by atoms with E-state index < -0.39 is 23.7 Å². The maximum absolute atomic E-state index is 14.1. The van der Waals surface area contributed by atoms with Crippen molar-refractivity contribution < 1.29 is 18.8 Å². The van der Waals surface area contributed by atoms with E-state index >= 15 is 0 Å². The smallest absolute Gasteiger partial charge is 0.273 e. The number of benzene rings is 2. The maximum atomic E-state index is 14.1. The molecule has 1 aromatic heterocycles. The third kappa shape index (κ3) is 5.08. The molecule has 0 radical (unpaired) electrons. The molecule has 1 atom stereocenters. The van der Waals surface area contributed by atoms with Crippen molar-refractivity contribution in [3.05, 3.63) is 76.0 Å². The maximum Gasteiger partial charge on any atom is 0.273 e. The number of primary amides is 1. The number of anilines is 2. The minimum Gasteiger partial charge on any atom is -0.395 e. The first-order valence-electron chi connectivity index (χ1n) is 11.8. The van der Waals surface area contributed by atoms with Gasteiger partial charge in [0.1, 0.15) is 16.7 Å². The van der Waals surface area contributed by atoms with Gasteiger partial charge in [-0.05, 0) is 60.1 Å². The zero-order chi connectivity index (χ0) is 25.8. The van der Waals surface area contributed by atoms with Crippen molar-refractivity contribution >= 4 is 40.6 Å². The van der Waals surface area contributed by atoms with E-state index in [1.165, 1.54) is 29.2 Å². The topological polar surface area (TPSA) is 131 Å². The summed E-state index contributed by atoms with van der Waals surface area (Å²) >= 11 is 0.750. The Morgan fingerprint density at radius 2 is 1.81 bits per heavy atom. The fourth-order valence-corrected chi connectivity index (χ4v) is 5.30. The number of amides is 3. The zero-order valence-electron chi connectivity index (χ0n) is 19.9. The molecule has 188 valence electrons. The predicted molar refractivity (Wildman–Crippen MR) is 137 cm³/mol. The van der Waals surface area contributed by atoms with Crippen molar-refractivity contribution in [2.75, 3.05) is 10.6 Å². The Balaban J connectivity index is 1.88. The Morgan fingerprint density at radius 3 is 2.42 bits per heavy atom. The number of nitrogens with one attached hydrogen (secondary N) is 1. The lowest BCUT2D eigenvalue weighted by Crippen LogP contribution is -2.46. The lowest BCUT2D eigenvalue weighted by Gasteiger charge is -2.33. The molecular formula is C26H28FN5O3S. The van der Waals surface area contributed by atoms with Crippen molar-refractivity contribution in [2.24, 2.45) is 5.73 Å². The Kier molecular flexibility index (Phi) is 7.64. The van der Waals surface area contributed by atoms with Crippen LogP contribution >= 0.6 is 11.5 Å². The molecule has 1 aliphatic carbocycles. The van der Waals surface area contributed by atoms with Gasteiger partial charge in [0.15, 0.2) is 5.69 Å². The van der Waals surface area contributed by atoms with Gasteiger partial charge >= 0.3 is 0 Å². The molecule has 1 aliphatic rings. The fraction of sp³-hybridized carbons (Fsp3) is 0.308. The van der Waals surface area contributed by atoms with Crippen LogP contribution in [0, 0.1) is 5.82 Å². The lowest BCUT2D eigenvalue weighted by atomic mass is 10.00. The van der Waals surface area contributed by atoms with Gasteiger partial charge in [0.2, 0.25) is 5.91 Å². The summed E-state index contributed by atoms with van der Waals surface area (Å²) in [5, 5.41) is 3.08. The number of aryl methyl sites for hydroxylation is 1. The fourth-order valence-electron chi connectivity index (χ4n) is 4.56. The summed E-state index contributed by atoms with van der Waals surface area (Å²) in [5.74, 6) is -2.30. The lowest BCUT2D eigenvalue weighted by molar-refractivity contribution is -0.123. The van der Waals surface area contributed by atoms with Gasteiger partial charge in [-0.25, -0.2) is 4.39 Å². The number of halogens is 1. The number of aromatic nitrogens is 1. The second kappa shape index (κ2) is 10.9.